The number of rotatable bonds is 5. The molecule has 4 heterocycles. The third-order valence-corrected chi connectivity index (χ3v) is 7.19. The van der Waals surface area contributed by atoms with Gasteiger partial charge in [0, 0.05) is 54.1 Å². The number of urea groups is 1. The molecule has 2 aromatic heterocycles. The topological polar surface area (TPSA) is 77.2 Å². The number of halogens is 2. The number of aryl methyl sites for hydroxylation is 1. The highest BCUT2D eigenvalue weighted by Crippen LogP contribution is 2.37. The van der Waals surface area contributed by atoms with Crippen LogP contribution in [0.2, 0.25) is 0 Å². The van der Waals surface area contributed by atoms with Crippen molar-refractivity contribution in [1.82, 2.24) is 25.0 Å². The van der Waals surface area contributed by atoms with Crippen molar-refractivity contribution in [1.29, 1.82) is 0 Å². The second kappa shape index (κ2) is 8.98. The Bertz CT molecular complexity index is 1420. The second-order valence-corrected chi connectivity index (χ2v) is 9.57. The molecule has 0 aliphatic carbocycles. The summed E-state index contributed by atoms with van der Waals surface area (Å²) in [6, 6.07) is 17.3. The molecule has 6 rings (SSSR count). The van der Waals surface area contributed by atoms with Crippen LogP contribution in [-0.2, 0) is 6.54 Å². The average Bonchev–Trinajstić information content (AvgIpc) is 3.46. The Morgan fingerprint density at radius 2 is 1.94 bits per heavy atom. The first-order chi connectivity index (χ1) is 17.5. The molecule has 0 saturated carbocycles. The highest BCUT2D eigenvalue weighted by atomic mass is 19.3. The molecule has 0 spiro atoms. The maximum Gasteiger partial charge on any atom is 0.322 e. The predicted molar refractivity (Wildman–Crippen MR) is 134 cm³/mol. The van der Waals surface area contributed by atoms with E-state index in [2.05, 4.69) is 26.6 Å². The van der Waals surface area contributed by atoms with Crippen LogP contribution >= 0.6 is 0 Å². The van der Waals surface area contributed by atoms with Crippen molar-refractivity contribution in [3.63, 3.8) is 0 Å². The van der Waals surface area contributed by atoms with Crippen LogP contribution in [0.1, 0.15) is 22.7 Å². The normalized spacial score (nSPS) is 20.2. The van der Waals surface area contributed by atoms with Crippen molar-refractivity contribution in [2.24, 2.45) is 0 Å². The minimum atomic E-state index is -2.42. The lowest BCUT2D eigenvalue weighted by atomic mass is 9.92. The van der Waals surface area contributed by atoms with Gasteiger partial charge >= 0.3 is 6.03 Å². The van der Waals surface area contributed by atoms with Gasteiger partial charge in [-0.2, -0.15) is 5.10 Å². The number of anilines is 1. The number of nitrogens with zero attached hydrogens (tertiary/aromatic N) is 4. The molecule has 184 valence electrons. The van der Waals surface area contributed by atoms with E-state index in [0.717, 1.165) is 44.7 Å². The van der Waals surface area contributed by atoms with E-state index in [0.29, 0.717) is 19.6 Å². The minimum Gasteiger partial charge on any atom is -0.315 e. The molecular weight excluding hydrogens is 462 g/mol. The monoisotopic (exact) mass is 488 g/mol. The van der Waals surface area contributed by atoms with Crippen LogP contribution in [0.3, 0.4) is 0 Å². The number of alkyl halides is 2. The lowest BCUT2D eigenvalue weighted by Gasteiger charge is -2.36. The number of aromatic amines is 1. The Labute approximate surface area is 207 Å². The molecular formula is C27H26F2N6O. The Morgan fingerprint density at radius 3 is 2.72 bits per heavy atom. The molecule has 4 aromatic rings. The predicted octanol–water partition coefficient (Wildman–Crippen LogP) is 5.01. The summed E-state index contributed by atoms with van der Waals surface area (Å²) in [6.45, 7) is 2.93. The molecule has 0 unspecified atom stereocenters. The number of benzene rings is 2. The molecule has 36 heavy (non-hydrogen) atoms. The molecule has 9 heteroatoms. The number of nitrogens with one attached hydrogen (secondary N) is 2. The van der Waals surface area contributed by atoms with Crippen LogP contribution < -0.4 is 5.32 Å². The molecule has 2 amide bonds. The van der Waals surface area contributed by atoms with E-state index in [1.165, 1.54) is 0 Å². The summed E-state index contributed by atoms with van der Waals surface area (Å²) in [5.41, 5.74) is 6.29. The lowest BCUT2D eigenvalue weighted by Crippen LogP contribution is -2.48. The largest absolute Gasteiger partial charge is 0.322 e. The molecule has 2 aromatic carbocycles. The zero-order valence-corrected chi connectivity index (χ0v) is 19.8. The summed E-state index contributed by atoms with van der Waals surface area (Å²) in [6.07, 6.45) is -0.652. The Hall–Kier alpha value is -3.85. The van der Waals surface area contributed by atoms with E-state index in [-0.39, 0.29) is 24.5 Å². The summed E-state index contributed by atoms with van der Waals surface area (Å²) in [4.78, 5) is 21.1. The van der Waals surface area contributed by atoms with E-state index in [4.69, 9.17) is 0 Å². The molecule has 2 aliphatic rings. The fraction of sp³-hybridized carbons (Fsp3) is 0.296. The fourth-order valence-electron chi connectivity index (χ4n) is 5.53. The van der Waals surface area contributed by atoms with Crippen molar-refractivity contribution in [2.45, 2.75) is 31.9 Å². The van der Waals surface area contributed by atoms with Gasteiger partial charge in [0.25, 0.3) is 6.43 Å². The standard InChI is InChI=1S/C27H26F2N6O/c1-16-9-18(7-8-30-16)26-20-10-19-12-35(27(36)31-22(19)11-23(20)32-33-26)24-14-34(15-25(28)29)13-21(24)17-5-3-2-4-6-17/h2-11,21,24-25H,12-15H2,1H3,(H,31,36)(H,32,33)/t21-,24+/m0/s1. The molecule has 0 radical (unpaired) electrons. The number of H-pyrrole nitrogens is 1. The van der Waals surface area contributed by atoms with E-state index in [1.54, 1.807) is 16.0 Å². The van der Waals surface area contributed by atoms with E-state index in [1.807, 2.05) is 55.5 Å². The van der Waals surface area contributed by atoms with E-state index < -0.39 is 6.43 Å². The molecule has 1 saturated heterocycles. The van der Waals surface area contributed by atoms with Crippen LogP contribution in [0, 0.1) is 6.92 Å². The van der Waals surface area contributed by atoms with E-state index in [9.17, 15) is 13.6 Å². The number of aromatic nitrogens is 3. The number of hydrogen-bond acceptors (Lipinski definition) is 4. The highest BCUT2D eigenvalue weighted by Gasteiger charge is 2.41. The van der Waals surface area contributed by atoms with Gasteiger partial charge in [-0.3, -0.25) is 15.0 Å². The third kappa shape index (κ3) is 4.09. The lowest BCUT2D eigenvalue weighted by molar-refractivity contribution is 0.0954. The minimum absolute atomic E-state index is 0.0507. The zero-order chi connectivity index (χ0) is 24.8. The van der Waals surface area contributed by atoms with Crippen LogP contribution in [0.15, 0.2) is 60.8 Å². The number of amides is 2. The first-order valence-electron chi connectivity index (χ1n) is 12.0. The molecule has 1 fully saturated rings. The van der Waals surface area contributed by atoms with Gasteiger partial charge in [0.15, 0.2) is 0 Å². The second-order valence-electron chi connectivity index (χ2n) is 9.57. The number of carbonyl (C=O) groups is 1. The van der Waals surface area contributed by atoms with Crippen molar-refractivity contribution >= 4 is 22.6 Å². The summed E-state index contributed by atoms with van der Waals surface area (Å²) >= 11 is 0. The van der Waals surface area contributed by atoms with Crippen LogP contribution in [0.4, 0.5) is 19.3 Å². The quantitative estimate of drug-likeness (QED) is 0.414. The summed E-state index contributed by atoms with van der Waals surface area (Å²) < 4.78 is 26.5. The maximum atomic E-state index is 13.3. The average molecular weight is 489 g/mol. The fourth-order valence-corrected chi connectivity index (χ4v) is 5.53. The van der Waals surface area contributed by atoms with Gasteiger partial charge in [0.2, 0.25) is 0 Å². The Balaban J connectivity index is 1.35. The number of carbonyl (C=O) groups excluding carboxylic acids is 1. The van der Waals surface area contributed by atoms with Gasteiger partial charge in [-0.1, -0.05) is 30.3 Å². The van der Waals surface area contributed by atoms with Crippen LogP contribution in [0.25, 0.3) is 22.2 Å². The summed E-state index contributed by atoms with van der Waals surface area (Å²) in [7, 11) is 0. The first kappa shape index (κ1) is 22.6. The van der Waals surface area contributed by atoms with Crippen molar-refractivity contribution < 1.29 is 13.6 Å². The number of hydrogen-bond donors (Lipinski definition) is 2. The number of fused-ring (bicyclic) bond motifs is 2. The van der Waals surface area contributed by atoms with Gasteiger partial charge in [0.1, 0.15) is 5.69 Å². The van der Waals surface area contributed by atoms with Gasteiger partial charge in [-0.15, -0.1) is 0 Å². The first-order valence-corrected chi connectivity index (χ1v) is 12.0. The molecule has 2 aliphatic heterocycles. The molecule has 2 atom stereocenters. The summed E-state index contributed by atoms with van der Waals surface area (Å²) in [5, 5.41) is 11.6. The van der Waals surface area contributed by atoms with Crippen LogP contribution in [0.5, 0.6) is 0 Å². The summed E-state index contributed by atoms with van der Waals surface area (Å²) in [5.74, 6) is -0.0507. The SMILES string of the molecule is Cc1cc(-c2n[nH]c3cc4c(cc23)CN([C@@H]2CN(CC(F)F)C[C@H]2c2ccccc2)C(=O)N4)ccn1. The highest BCUT2D eigenvalue weighted by molar-refractivity contribution is 6.00. The van der Waals surface area contributed by atoms with Crippen molar-refractivity contribution in [3.05, 3.63) is 77.6 Å². The van der Waals surface area contributed by atoms with Crippen molar-refractivity contribution in [3.8, 4) is 11.3 Å². The Morgan fingerprint density at radius 1 is 1.11 bits per heavy atom. The Kier molecular flexibility index (Phi) is 5.64. The third-order valence-electron chi connectivity index (χ3n) is 7.19. The number of likely N-dealkylation sites (tertiary alicyclic amines) is 1. The number of pyridine rings is 1. The molecule has 2 N–H and O–H groups in total. The zero-order valence-electron chi connectivity index (χ0n) is 19.8. The maximum absolute atomic E-state index is 13.3. The van der Waals surface area contributed by atoms with Gasteiger partial charge in [0.05, 0.1) is 18.1 Å². The van der Waals surface area contributed by atoms with Gasteiger partial charge in [-0.25, -0.2) is 13.6 Å². The van der Waals surface area contributed by atoms with Gasteiger partial charge < -0.3 is 10.2 Å². The molecule has 0 bridgehead atoms. The van der Waals surface area contributed by atoms with Crippen molar-refractivity contribution in [2.75, 3.05) is 25.0 Å². The van der Waals surface area contributed by atoms with Gasteiger partial charge in [-0.05, 0) is 42.3 Å². The van der Waals surface area contributed by atoms with Crippen LogP contribution in [-0.4, -0.2) is 63.1 Å². The smallest absolute Gasteiger partial charge is 0.315 e. The molecule has 7 nitrogen and oxygen atoms in total. The van der Waals surface area contributed by atoms with E-state index >= 15 is 0 Å².